The first-order valence-electron chi connectivity index (χ1n) is 17.0. The quantitative estimate of drug-likeness (QED) is 0.0583. The zero-order valence-electron chi connectivity index (χ0n) is 31.2. The van der Waals surface area contributed by atoms with Crippen molar-refractivity contribution < 1.29 is 43.1 Å². The van der Waals surface area contributed by atoms with Gasteiger partial charge >= 0.3 is 0 Å². The van der Waals surface area contributed by atoms with Crippen LogP contribution in [0.25, 0.3) is 0 Å². The maximum absolute atomic E-state index is 12.4. The summed E-state index contributed by atoms with van der Waals surface area (Å²) >= 11 is 0. The first kappa shape index (κ1) is 44.0. The number of rotatable bonds is 20. The number of benzene rings is 2. The van der Waals surface area contributed by atoms with Crippen molar-refractivity contribution in [2.75, 3.05) is 54.7 Å². The molecule has 0 radical (unpaired) electrons. The highest BCUT2D eigenvalue weighted by Gasteiger charge is 2.12. The Bertz CT molecular complexity index is 1650. The Morgan fingerprint density at radius 2 is 1.11 bits per heavy atom. The average Bonchev–Trinajstić information content (AvgIpc) is 3.19. The number of pyridine rings is 2. The van der Waals surface area contributed by atoms with Crippen LogP contribution in [0, 0.1) is 5.95 Å². The highest BCUT2D eigenvalue weighted by Crippen LogP contribution is 2.18. The maximum Gasteiger partial charge on any atom is 0.216 e. The summed E-state index contributed by atoms with van der Waals surface area (Å²) in [5, 5.41) is 17.1. The number of aliphatic hydroxyl groups is 1. The average molecular weight is 739 g/mol. The van der Waals surface area contributed by atoms with Crippen molar-refractivity contribution in [1.29, 1.82) is 0 Å². The van der Waals surface area contributed by atoms with Crippen LogP contribution in [0.15, 0.2) is 95.2 Å². The molecule has 0 aliphatic carbocycles. The summed E-state index contributed by atoms with van der Waals surface area (Å²) in [5.74, 6) is 0.914. The molecule has 2 aromatic carbocycles. The van der Waals surface area contributed by atoms with Crippen LogP contribution in [-0.4, -0.2) is 81.2 Å². The van der Waals surface area contributed by atoms with E-state index in [4.69, 9.17) is 33.6 Å². The highest BCUT2D eigenvalue weighted by atomic mass is 19.1. The van der Waals surface area contributed by atoms with E-state index < -0.39 is 5.95 Å². The molecule has 0 aliphatic heterocycles. The molecule has 15 heteroatoms. The van der Waals surface area contributed by atoms with Crippen molar-refractivity contribution in [3.63, 3.8) is 0 Å². The molecule has 4 rings (SSSR count). The highest BCUT2D eigenvalue weighted by molar-refractivity contribution is 6.03. The van der Waals surface area contributed by atoms with Crippen LogP contribution in [0.4, 0.5) is 4.39 Å². The third-order valence-electron chi connectivity index (χ3n) is 6.61. The minimum absolute atomic E-state index is 0.0432. The number of oxime groups is 2. The zero-order chi connectivity index (χ0) is 38.5. The molecule has 0 atom stereocenters. The van der Waals surface area contributed by atoms with E-state index in [1.807, 2.05) is 74.5 Å². The minimum Gasteiger partial charge on any atom is -0.478 e. The lowest BCUT2D eigenvalue weighted by Gasteiger charge is -2.13. The second kappa shape index (κ2) is 27.5. The zero-order valence-corrected chi connectivity index (χ0v) is 31.2. The second-order valence-electron chi connectivity index (χ2n) is 10.5. The van der Waals surface area contributed by atoms with E-state index in [0.29, 0.717) is 48.9 Å². The first-order valence-corrected chi connectivity index (χ1v) is 17.0. The van der Waals surface area contributed by atoms with E-state index in [0.717, 1.165) is 35.1 Å². The SMILES string of the molecule is CCCOc1cccc(F)n1.CCCOc1cccc(OCc2ccccc2/C(CONC)=N\OC)n1.CNOC/C(=N/OC)c1ccccc1CO. The lowest BCUT2D eigenvalue weighted by Crippen LogP contribution is -2.19. The third kappa shape index (κ3) is 17.3. The van der Waals surface area contributed by atoms with Gasteiger partial charge in [0, 0.05) is 43.4 Å². The number of nitrogens with one attached hydrogen (secondary N) is 2. The number of aromatic nitrogens is 2. The van der Waals surface area contributed by atoms with Gasteiger partial charge < -0.3 is 29.0 Å². The standard InChI is InChI=1S/C19H25N3O4.C11H16N2O3.C8H10FNO/c1-4-12-24-18-10-7-11-19(21-18)25-13-15-8-5-6-9-16(15)17(22-23-3)14-26-20-2;1-12-16-8-11(13-15-2)10-6-4-3-5-9(10)7-14;1-2-6-11-8-5-3-4-7(9)10-8/h5-11,20H,4,12-14H2,1-3H3;3-6,12,14H,7-8H2,1-2H3;3-5H,2,6H2,1H3/b22-17-;13-11-;. The molecule has 0 unspecified atom stereocenters. The fourth-order valence-electron chi connectivity index (χ4n) is 4.27. The molecule has 0 aliphatic rings. The van der Waals surface area contributed by atoms with Crippen molar-refractivity contribution in [3.8, 4) is 17.6 Å². The monoisotopic (exact) mass is 738 g/mol. The number of hydrogen-bond acceptors (Lipinski definition) is 14. The Balaban J connectivity index is 0.000000305. The molecular formula is C38H51FN6O8. The van der Waals surface area contributed by atoms with Crippen molar-refractivity contribution >= 4 is 11.4 Å². The molecule has 53 heavy (non-hydrogen) atoms. The molecular weight excluding hydrogens is 687 g/mol. The van der Waals surface area contributed by atoms with Crippen LogP contribution < -0.4 is 25.2 Å². The topological polar surface area (TPSA) is 159 Å². The number of ether oxygens (including phenoxy) is 3. The molecule has 2 aromatic heterocycles. The Kier molecular flexibility index (Phi) is 22.8. The van der Waals surface area contributed by atoms with E-state index in [1.54, 1.807) is 32.3 Å². The van der Waals surface area contributed by atoms with Gasteiger partial charge in [-0.3, -0.25) is 9.68 Å². The van der Waals surface area contributed by atoms with Crippen LogP contribution in [0.5, 0.6) is 17.6 Å². The smallest absolute Gasteiger partial charge is 0.216 e. The molecule has 0 amide bonds. The summed E-state index contributed by atoms with van der Waals surface area (Å²) in [6.45, 7) is 6.06. The molecule has 0 saturated carbocycles. The number of hydroxylamine groups is 2. The fraction of sp³-hybridized carbons (Fsp3) is 0.368. The molecule has 0 fully saturated rings. The van der Waals surface area contributed by atoms with Crippen LogP contribution >= 0.6 is 0 Å². The Morgan fingerprint density at radius 1 is 0.642 bits per heavy atom. The molecule has 288 valence electrons. The molecule has 14 nitrogen and oxygen atoms in total. The molecule has 0 bridgehead atoms. The second-order valence-corrected chi connectivity index (χ2v) is 10.5. The summed E-state index contributed by atoms with van der Waals surface area (Å²) in [6, 6.07) is 25.2. The van der Waals surface area contributed by atoms with Gasteiger partial charge in [0.05, 0.1) is 19.8 Å². The fourth-order valence-corrected chi connectivity index (χ4v) is 4.27. The summed E-state index contributed by atoms with van der Waals surface area (Å²) in [4.78, 5) is 27.9. The number of nitrogens with zero attached hydrogens (tertiary/aromatic N) is 4. The largest absolute Gasteiger partial charge is 0.478 e. The number of hydrogen-bond donors (Lipinski definition) is 3. The van der Waals surface area contributed by atoms with E-state index in [-0.39, 0.29) is 19.8 Å². The van der Waals surface area contributed by atoms with E-state index in [9.17, 15) is 9.50 Å². The number of aliphatic hydroxyl groups excluding tert-OH is 1. The molecule has 4 aromatic rings. The lowest BCUT2D eigenvalue weighted by molar-refractivity contribution is 0.0866. The van der Waals surface area contributed by atoms with Gasteiger partial charge in [0.2, 0.25) is 23.6 Å². The van der Waals surface area contributed by atoms with Gasteiger partial charge in [-0.25, -0.2) is 11.0 Å². The summed E-state index contributed by atoms with van der Waals surface area (Å²) in [7, 11) is 6.34. The molecule has 0 spiro atoms. The van der Waals surface area contributed by atoms with Crippen LogP contribution in [0.3, 0.4) is 0 Å². The summed E-state index contributed by atoms with van der Waals surface area (Å²) in [5.41, 5.74) is 9.94. The van der Waals surface area contributed by atoms with Crippen molar-refractivity contribution in [2.24, 2.45) is 10.3 Å². The van der Waals surface area contributed by atoms with Crippen LogP contribution in [0.1, 0.15) is 48.9 Å². The lowest BCUT2D eigenvalue weighted by atomic mass is 10.0. The van der Waals surface area contributed by atoms with Gasteiger partial charge in [-0.15, -0.1) is 0 Å². The number of halogens is 1. The van der Waals surface area contributed by atoms with Crippen molar-refractivity contribution in [3.05, 3.63) is 113 Å². The predicted octanol–water partition coefficient (Wildman–Crippen LogP) is 5.64. The van der Waals surface area contributed by atoms with E-state index in [2.05, 4.69) is 31.2 Å². The van der Waals surface area contributed by atoms with Gasteiger partial charge in [0.1, 0.15) is 45.5 Å². The van der Waals surface area contributed by atoms with Gasteiger partial charge in [-0.1, -0.05) is 84.8 Å². The summed E-state index contributed by atoms with van der Waals surface area (Å²) in [6.07, 6.45) is 1.83. The Hall–Kier alpha value is -5.19. The Morgan fingerprint density at radius 3 is 1.60 bits per heavy atom. The maximum atomic E-state index is 12.4. The minimum atomic E-state index is -0.501. The van der Waals surface area contributed by atoms with Gasteiger partial charge in [-0.2, -0.15) is 14.4 Å². The van der Waals surface area contributed by atoms with E-state index >= 15 is 0 Å². The first-order chi connectivity index (χ1) is 25.9. The van der Waals surface area contributed by atoms with Crippen LogP contribution in [-0.2, 0) is 32.6 Å². The van der Waals surface area contributed by atoms with E-state index in [1.165, 1.54) is 20.3 Å². The van der Waals surface area contributed by atoms with Crippen LogP contribution in [0.2, 0.25) is 0 Å². The molecule has 2 heterocycles. The van der Waals surface area contributed by atoms with Crippen molar-refractivity contribution in [1.82, 2.24) is 20.9 Å². The van der Waals surface area contributed by atoms with Gasteiger partial charge in [0.25, 0.3) is 0 Å². The molecule has 3 N–H and O–H groups in total. The summed E-state index contributed by atoms with van der Waals surface area (Å²) < 4.78 is 28.9. The van der Waals surface area contributed by atoms with Gasteiger partial charge in [-0.05, 0) is 30.0 Å². The Labute approximate surface area is 310 Å². The van der Waals surface area contributed by atoms with Crippen molar-refractivity contribution in [2.45, 2.75) is 39.9 Å². The van der Waals surface area contributed by atoms with Gasteiger partial charge in [0.15, 0.2) is 0 Å². The predicted molar refractivity (Wildman–Crippen MR) is 200 cm³/mol. The third-order valence-corrected chi connectivity index (χ3v) is 6.61. The normalized spacial score (nSPS) is 11.0. The molecule has 0 saturated heterocycles.